The van der Waals surface area contributed by atoms with Crippen molar-refractivity contribution in [3.8, 4) is 0 Å². The number of aryl methyl sites for hydroxylation is 1. The molecule has 0 aliphatic carbocycles. The van der Waals surface area contributed by atoms with Gasteiger partial charge in [-0.05, 0) is 61.6 Å². The van der Waals surface area contributed by atoms with Crippen LogP contribution in [0.1, 0.15) is 49.8 Å². The standard InChI is InChI=1S/C32H40BrN3O4S/c1-5-25(3)34-32(38)30(22-26-13-7-6-8-14-26)35(23-27-17-19-28(33)20-18-27)31(37)16-11-21-36(41(4,39)40)29-15-10-9-12-24(29)2/h6-10,12-15,17-20,25,30H,5,11,16,21-23H2,1-4H3,(H,34,38)/t25-,30+/m0/s1. The van der Waals surface area contributed by atoms with Crippen molar-refractivity contribution in [3.05, 3.63) is 100 Å². The van der Waals surface area contributed by atoms with E-state index < -0.39 is 16.1 Å². The Morgan fingerprint density at radius 2 is 1.56 bits per heavy atom. The van der Waals surface area contributed by atoms with Crippen LogP contribution in [0.4, 0.5) is 5.69 Å². The highest BCUT2D eigenvalue weighted by molar-refractivity contribution is 9.10. The molecule has 3 rings (SSSR count). The Hall–Kier alpha value is -3.17. The fraction of sp³-hybridized carbons (Fsp3) is 0.375. The Balaban J connectivity index is 1.89. The van der Waals surface area contributed by atoms with Crippen molar-refractivity contribution in [1.82, 2.24) is 10.2 Å². The molecule has 0 aliphatic rings. The van der Waals surface area contributed by atoms with Crippen molar-refractivity contribution >= 4 is 43.5 Å². The highest BCUT2D eigenvalue weighted by atomic mass is 79.9. The first-order valence-electron chi connectivity index (χ1n) is 13.9. The smallest absolute Gasteiger partial charge is 0.243 e. The molecule has 0 saturated carbocycles. The number of rotatable bonds is 14. The third-order valence-electron chi connectivity index (χ3n) is 7.07. The molecule has 0 aromatic heterocycles. The van der Waals surface area contributed by atoms with E-state index in [4.69, 9.17) is 0 Å². The number of hydrogen-bond acceptors (Lipinski definition) is 4. The lowest BCUT2D eigenvalue weighted by atomic mass is 10.0. The van der Waals surface area contributed by atoms with Gasteiger partial charge < -0.3 is 10.2 Å². The molecule has 0 saturated heterocycles. The van der Waals surface area contributed by atoms with Gasteiger partial charge >= 0.3 is 0 Å². The Labute approximate surface area is 253 Å². The van der Waals surface area contributed by atoms with E-state index in [0.717, 1.165) is 27.6 Å². The lowest BCUT2D eigenvalue weighted by Crippen LogP contribution is -2.52. The fourth-order valence-corrected chi connectivity index (χ4v) is 5.89. The van der Waals surface area contributed by atoms with Gasteiger partial charge in [0.1, 0.15) is 6.04 Å². The molecule has 7 nitrogen and oxygen atoms in total. The second-order valence-corrected chi connectivity index (χ2v) is 13.2. The van der Waals surface area contributed by atoms with Crippen LogP contribution >= 0.6 is 15.9 Å². The number of nitrogens with zero attached hydrogens (tertiary/aromatic N) is 2. The summed E-state index contributed by atoms with van der Waals surface area (Å²) in [5, 5.41) is 3.07. The van der Waals surface area contributed by atoms with Gasteiger partial charge in [-0.3, -0.25) is 13.9 Å². The van der Waals surface area contributed by atoms with Gasteiger partial charge in [-0.1, -0.05) is 83.5 Å². The zero-order chi connectivity index (χ0) is 30.0. The van der Waals surface area contributed by atoms with E-state index >= 15 is 0 Å². The maximum Gasteiger partial charge on any atom is 0.243 e. The molecule has 0 spiro atoms. The predicted octanol–water partition coefficient (Wildman–Crippen LogP) is 5.86. The number of benzene rings is 3. The first-order chi connectivity index (χ1) is 19.5. The molecule has 41 heavy (non-hydrogen) atoms. The third kappa shape index (κ3) is 9.71. The molecule has 1 N–H and O–H groups in total. The first kappa shape index (κ1) is 32.3. The van der Waals surface area contributed by atoms with Crippen molar-refractivity contribution in [2.75, 3.05) is 17.1 Å². The molecule has 0 heterocycles. The molecule has 2 atom stereocenters. The van der Waals surface area contributed by atoms with Crippen molar-refractivity contribution in [3.63, 3.8) is 0 Å². The van der Waals surface area contributed by atoms with Gasteiger partial charge in [0.05, 0.1) is 11.9 Å². The van der Waals surface area contributed by atoms with E-state index in [1.165, 1.54) is 10.6 Å². The van der Waals surface area contributed by atoms with E-state index in [2.05, 4.69) is 21.2 Å². The van der Waals surface area contributed by atoms with E-state index in [1.807, 2.05) is 87.5 Å². The molecule has 0 aliphatic heterocycles. The molecule has 2 amide bonds. The Bertz CT molecular complexity index is 1400. The van der Waals surface area contributed by atoms with Crippen LogP contribution in [0.2, 0.25) is 0 Å². The highest BCUT2D eigenvalue weighted by Crippen LogP contribution is 2.23. The molecular weight excluding hydrogens is 602 g/mol. The van der Waals surface area contributed by atoms with Crippen LogP contribution in [0, 0.1) is 6.92 Å². The molecule has 220 valence electrons. The van der Waals surface area contributed by atoms with Gasteiger partial charge in [0, 0.05) is 36.4 Å². The monoisotopic (exact) mass is 641 g/mol. The van der Waals surface area contributed by atoms with Crippen LogP contribution in [-0.4, -0.2) is 50.0 Å². The summed E-state index contributed by atoms with van der Waals surface area (Å²) in [5.41, 5.74) is 3.29. The number of amides is 2. The second-order valence-electron chi connectivity index (χ2n) is 10.4. The van der Waals surface area contributed by atoms with Gasteiger partial charge in [0.15, 0.2) is 0 Å². The minimum absolute atomic E-state index is 0.0390. The van der Waals surface area contributed by atoms with E-state index in [-0.39, 0.29) is 37.4 Å². The summed E-state index contributed by atoms with van der Waals surface area (Å²) in [5.74, 6) is -0.405. The van der Waals surface area contributed by atoms with E-state index in [9.17, 15) is 18.0 Å². The SMILES string of the molecule is CC[C@H](C)NC(=O)[C@@H](Cc1ccccc1)N(Cc1ccc(Br)cc1)C(=O)CCCN(c1ccccc1C)S(C)(=O)=O. The van der Waals surface area contributed by atoms with E-state index in [1.54, 1.807) is 17.0 Å². The van der Waals surface area contributed by atoms with Crippen LogP contribution < -0.4 is 9.62 Å². The molecule has 0 fully saturated rings. The maximum atomic E-state index is 13.9. The van der Waals surface area contributed by atoms with Gasteiger partial charge in [-0.15, -0.1) is 0 Å². The van der Waals surface area contributed by atoms with Gasteiger partial charge in [0.25, 0.3) is 0 Å². The largest absolute Gasteiger partial charge is 0.352 e. The molecular formula is C32H40BrN3O4S. The summed E-state index contributed by atoms with van der Waals surface area (Å²) in [6.45, 7) is 6.23. The molecule has 0 radical (unpaired) electrons. The van der Waals surface area contributed by atoms with Gasteiger partial charge in [-0.2, -0.15) is 0 Å². The molecule has 0 unspecified atom stereocenters. The third-order valence-corrected chi connectivity index (χ3v) is 8.78. The number of anilines is 1. The predicted molar refractivity (Wildman–Crippen MR) is 169 cm³/mol. The van der Waals surface area contributed by atoms with Gasteiger partial charge in [-0.25, -0.2) is 8.42 Å². The number of carbonyl (C=O) groups is 2. The average molecular weight is 643 g/mol. The van der Waals surface area contributed by atoms with Gasteiger partial charge in [0.2, 0.25) is 21.8 Å². The van der Waals surface area contributed by atoms with Crippen molar-refractivity contribution in [2.45, 2.75) is 65.1 Å². The first-order valence-corrected chi connectivity index (χ1v) is 16.5. The van der Waals surface area contributed by atoms with Crippen LogP contribution in [0.15, 0.2) is 83.3 Å². The minimum atomic E-state index is -3.56. The van der Waals surface area contributed by atoms with Crippen LogP contribution in [-0.2, 0) is 32.6 Å². The topological polar surface area (TPSA) is 86.8 Å². The van der Waals surface area contributed by atoms with Crippen molar-refractivity contribution < 1.29 is 18.0 Å². The summed E-state index contributed by atoms with van der Waals surface area (Å²) < 4.78 is 27.6. The molecule has 3 aromatic rings. The van der Waals surface area contributed by atoms with Crippen molar-refractivity contribution in [2.24, 2.45) is 0 Å². The lowest BCUT2D eigenvalue weighted by Gasteiger charge is -2.33. The molecule has 0 bridgehead atoms. The summed E-state index contributed by atoms with van der Waals surface area (Å²) in [6, 6.07) is 23.9. The highest BCUT2D eigenvalue weighted by Gasteiger charge is 2.31. The Morgan fingerprint density at radius 1 is 0.927 bits per heavy atom. The second kappa shape index (κ2) is 15.2. The van der Waals surface area contributed by atoms with Crippen LogP contribution in [0.5, 0.6) is 0 Å². The summed E-state index contributed by atoms with van der Waals surface area (Å²) in [6.07, 6.45) is 2.71. The summed E-state index contributed by atoms with van der Waals surface area (Å²) >= 11 is 3.46. The quantitative estimate of drug-likeness (QED) is 0.239. The number of nitrogens with one attached hydrogen (secondary N) is 1. The van der Waals surface area contributed by atoms with Crippen LogP contribution in [0.3, 0.4) is 0 Å². The normalized spacial score (nSPS) is 12.8. The Morgan fingerprint density at radius 3 is 2.17 bits per heavy atom. The number of hydrogen-bond donors (Lipinski definition) is 1. The number of para-hydroxylation sites is 1. The maximum absolute atomic E-state index is 13.9. The lowest BCUT2D eigenvalue weighted by molar-refractivity contribution is -0.141. The summed E-state index contributed by atoms with van der Waals surface area (Å²) in [4.78, 5) is 29.2. The fourth-order valence-electron chi connectivity index (χ4n) is 4.61. The number of sulfonamides is 1. The van der Waals surface area contributed by atoms with Crippen LogP contribution in [0.25, 0.3) is 0 Å². The molecule has 3 aromatic carbocycles. The number of carbonyl (C=O) groups excluding carboxylic acids is 2. The zero-order valence-electron chi connectivity index (χ0n) is 24.2. The molecule has 9 heteroatoms. The number of halogens is 1. The average Bonchev–Trinajstić information content (AvgIpc) is 2.94. The zero-order valence-corrected chi connectivity index (χ0v) is 26.6. The Kier molecular flexibility index (Phi) is 12.0. The van der Waals surface area contributed by atoms with Crippen molar-refractivity contribution in [1.29, 1.82) is 0 Å². The van der Waals surface area contributed by atoms with E-state index in [0.29, 0.717) is 18.5 Å². The summed E-state index contributed by atoms with van der Waals surface area (Å²) in [7, 11) is -3.56. The minimum Gasteiger partial charge on any atom is -0.352 e.